The first-order valence-electron chi connectivity index (χ1n) is 9.02. The summed E-state index contributed by atoms with van der Waals surface area (Å²) in [6.45, 7) is 5.28. The number of benzene rings is 1. The minimum atomic E-state index is -0.583. The number of cyclic esters (lactones) is 1. The second-order valence-corrected chi connectivity index (χ2v) is 7.31. The molecule has 0 N–H and O–H groups in total. The number of piperidine rings is 1. The third kappa shape index (κ3) is 3.11. The van der Waals surface area contributed by atoms with Crippen molar-refractivity contribution in [2.75, 3.05) is 26.2 Å². The molecule has 6 heteroatoms. The second-order valence-electron chi connectivity index (χ2n) is 7.31. The molecule has 1 spiro atoms. The lowest BCUT2D eigenvalue weighted by atomic mass is 9.92. The van der Waals surface area contributed by atoms with Crippen LogP contribution in [0.2, 0.25) is 0 Å². The van der Waals surface area contributed by atoms with Gasteiger partial charge < -0.3 is 14.4 Å². The van der Waals surface area contributed by atoms with Gasteiger partial charge in [-0.05, 0) is 24.5 Å². The number of amides is 1. The number of rotatable bonds is 2. The Balaban J connectivity index is 1.36. The number of hydrogen-bond donors (Lipinski definition) is 0. The Labute approximate surface area is 147 Å². The standard InChI is InChI=1S/C19H24N2O4/c1-14(21-9-6-15-4-2-3-5-16(15)12-21)17(22)20-10-7-19(8-11-20)13-24-18(23)25-19/h2-5,14H,6-13H2,1H3. The summed E-state index contributed by atoms with van der Waals surface area (Å²) in [4.78, 5) is 28.3. The normalized spacial score (nSPS) is 23.7. The van der Waals surface area contributed by atoms with Crippen molar-refractivity contribution >= 4 is 12.1 Å². The molecule has 25 heavy (non-hydrogen) atoms. The summed E-state index contributed by atoms with van der Waals surface area (Å²) < 4.78 is 10.3. The van der Waals surface area contributed by atoms with Crippen LogP contribution in [0.3, 0.4) is 0 Å². The number of fused-ring (bicyclic) bond motifs is 1. The molecule has 1 aromatic carbocycles. The first-order valence-corrected chi connectivity index (χ1v) is 9.02. The minimum Gasteiger partial charge on any atom is -0.430 e. The summed E-state index contributed by atoms with van der Waals surface area (Å²) >= 11 is 0. The molecule has 0 saturated carbocycles. The summed E-state index contributed by atoms with van der Waals surface area (Å²) in [7, 11) is 0. The quantitative estimate of drug-likeness (QED) is 0.768. The van der Waals surface area contributed by atoms with Gasteiger partial charge in [-0.25, -0.2) is 4.79 Å². The van der Waals surface area contributed by atoms with Gasteiger partial charge in [0.2, 0.25) is 5.91 Å². The van der Waals surface area contributed by atoms with E-state index in [2.05, 4.69) is 29.2 Å². The van der Waals surface area contributed by atoms with Crippen molar-refractivity contribution in [1.29, 1.82) is 0 Å². The summed E-state index contributed by atoms with van der Waals surface area (Å²) in [6, 6.07) is 8.33. The van der Waals surface area contributed by atoms with E-state index in [1.807, 2.05) is 11.8 Å². The predicted molar refractivity (Wildman–Crippen MR) is 91.0 cm³/mol. The molecular weight excluding hydrogens is 320 g/mol. The molecule has 2 saturated heterocycles. The molecule has 1 atom stereocenters. The van der Waals surface area contributed by atoms with Crippen molar-refractivity contribution in [1.82, 2.24) is 9.80 Å². The first kappa shape index (κ1) is 16.4. The van der Waals surface area contributed by atoms with Gasteiger partial charge in [-0.15, -0.1) is 0 Å². The van der Waals surface area contributed by atoms with Crippen LogP contribution in [0.4, 0.5) is 4.79 Å². The average Bonchev–Trinajstić information content (AvgIpc) is 3.01. The van der Waals surface area contributed by atoms with E-state index in [-0.39, 0.29) is 11.9 Å². The number of ether oxygens (including phenoxy) is 2. The van der Waals surface area contributed by atoms with Crippen LogP contribution in [-0.4, -0.2) is 59.7 Å². The molecule has 0 radical (unpaired) electrons. The van der Waals surface area contributed by atoms with Crippen LogP contribution in [0, 0.1) is 0 Å². The van der Waals surface area contributed by atoms with Gasteiger partial charge in [0.15, 0.2) is 5.60 Å². The van der Waals surface area contributed by atoms with E-state index < -0.39 is 11.8 Å². The van der Waals surface area contributed by atoms with Gasteiger partial charge in [-0.3, -0.25) is 9.69 Å². The zero-order chi connectivity index (χ0) is 17.4. The molecule has 1 aromatic rings. The average molecular weight is 344 g/mol. The van der Waals surface area contributed by atoms with Crippen LogP contribution >= 0.6 is 0 Å². The van der Waals surface area contributed by atoms with E-state index in [4.69, 9.17) is 9.47 Å². The molecule has 2 fully saturated rings. The molecule has 0 aromatic heterocycles. The van der Waals surface area contributed by atoms with Crippen LogP contribution in [0.15, 0.2) is 24.3 Å². The molecule has 0 aliphatic carbocycles. The third-order valence-electron chi connectivity index (χ3n) is 5.80. The molecule has 134 valence electrons. The molecular formula is C19H24N2O4. The fourth-order valence-electron chi connectivity index (χ4n) is 4.08. The van der Waals surface area contributed by atoms with Crippen LogP contribution in [0.5, 0.6) is 0 Å². The Morgan fingerprint density at radius 2 is 1.88 bits per heavy atom. The lowest BCUT2D eigenvalue weighted by Crippen LogP contribution is -2.53. The Morgan fingerprint density at radius 1 is 1.16 bits per heavy atom. The highest BCUT2D eigenvalue weighted by atomic mass is 16.8. The summed E-state index contributed by atoms with van der Waals surface area (Å²) in [5, 5.41) is 0. The van der Waals surface area contributed by atoms with Gasteiger partial charge in [0, 0.05) is 39.0 Å². The van der Waals surface area contributed by atoms with Gasteiger partial charge in [0.1, 0.15) is 6.61 Å². The smallest absolute Gasteiger partial charge is 0.430 e. The Bertz CT molecular complexity index is 682. The monoisotopic (exact) mass is 344 g/mol. The molecule has 3 aliphatic rings. The lowest BCUT2D eigenvalue weighted by Gasteiger charge is -2.40. The van der Waals surface area contributed by atoms with Gasteiger partial charge >= 0.3 is 6.16 Å². The minimum absolute atomic E-state index is 0.134. The highest BCUT2D eigenvalue weighted by molar-refractivity contribution is 5.81. The van der Waals surface area contributed by atoms with Crippen molar-refractivity contribution in [3.05, 3.63) is 35.4 Å². The molecule has 3 aliphatic heterocycles. The van der Waals surface area contributed by atoms with E-state index in [0.717, 1.165) is 19.5 Å². The van der Waals surface area contributed by atoms with E-state index in [9.17, 15) is 9.59 Å². The van der Waals surface area contributed by atoms with Crippen molar-refractivity contribution in [2.24, 2.45) is 0 Å². The molecule has 0 bridgehead atoms. The first-order chi connectivity index (χ1) is 12.1. The Morgan fingerprint density at radius 3 is 2.56 bits per heavy atom. The highest BCUT2D eigenvalue weighted by Crippen LogP contribution is 2.32. The maximum Gasteiger partial charge on any atom is 0.509 e. The number of nitrogens with zero attached hydrogens (tertiary/aromatic N) is 2. The topological polar surface area (TPSA) is 59.1 Å². The Kier molecular flexibility index (Phi) is 4.15. The van der Waals surface area contributed by atoms with Crippen molar-refractivity contribution in [3.63, 3.8) is 0 Å². The lowest BCUT2D eigenvalue weighted by molar-refractivity contribution is -0.140. The summed E-state index contributed by atoms with van der Waals surface area (Å²) in [6.07, 6.45) is 1.71. The van der Waals surface area contributed by atoms with E-state index in [1.54, 1.807) is 0 Å². The van der Waals surface area contributed by atoms with Gasteiger partial charge in [0.05, 0.1) is 6.04 Å². The molecule has 4 rings (SSSR count). The number of hydrogen-bond acceptors (Lipinski definition) is 5. The maximum absolute atomic E-state index is 12.9. The maximum atomic E-state index is 12.9. The van der Waals surface area contributed by atoms with Crippen molar-refractivity contribution < 1.29 is 19.1 Å². The van der Waals surface area contributed by atoms with Gasteiger partial charge in [-0.2, -0.15) is 0 Å². The Hall–Kier alpha value is -2.08. The van der Waals surface area contributed by atoms with Crippen LogP contribution in [0.1, 0.15) is 30.9 Å². The van der Waals surface area contributed by atoms with Gasteiger partial charge in [-0.1, -0.05) is 24.3 Å². The number of likely N-dealkylation sites (tertiary alicyclic amines) is 1. The largest absolute Gasteiger partial charge is 0.509 e. The third-order valence-corrected chi connectivity index (χ3v) is 5.80. The zero-order valence-corrected chi connectivity index (χ0v) is 14.6. The summed E-state index contributed by atoms with van der Waals surface area (Å²) in [5.41, 5.74) is 2.20. The molecule has 6 nitrogen and oxygen atoms in total. The summed E-state index contributed by atoms with van der Waals surface area (Å²) in [5.74, 6) is 0.166. The van der Waals surface area contributed by atoms with E-state index in [0.29, 0.717) is 32.5 Å². The number of carbonyl (C=O) groups is 2. The zero-order valence-electron chi connectivity index (χ0n) is 14.6. The van der Waals surface area contributed by atoms with E-state index in [1.165, 1.54) is 11.1 Å². The van der Waals surface area contributed by atoms with Crippen LogP contribution in [-0.2, 0) is 27.2 Å². The molecule has 1 unspecified atom stereocenters. The number of carbonyl (C=O) groups excluding carboxylic acids is 2. The SMILES string of the molecule is CC(C(=O)N1CCC2(CC1)COC(=O)O2)N1CCc2ccccc2C1. The van der Waals surface area contributed by atoms with Crippen LogP contribution in [0.25, 0.3) is 0 Å². The van der Waals surface area contributed by atoms with Gasteiger partial charge in [0.25, 0.3) is 0 Å². The molecule has 3 heterocycles. The second kappa shape index (κ2) is 6.33. The molecule has 1 amide bonds. The van der Waals surface area contributed by atoms with Crippen molar-refractivity contribution in [2.45, 2.75) is 44.4 Å². The fourth-order valence-corrected chi connectivity index (χ4v) is 4.08. The van der Waals surface area contributed by atoms with E-state index >= 15 is 0 Å². The highest BCUT2D eigenvalue weighted by Gasteiger charge is 2.46. The van der Waals surface area contributed by atoms with Crippen LogP contribution < -0.4 is 0 Å². The fraction of sp³-hybridized carbons (Fsp3) is 0.579. The van der Waals surface area contributed by atoms with Crippen molar-refractivity contribution in [3.8, 4) is 0 Å². The predicted octanol–water partition coefficient (Wildman–Crippen LogP) is 1.96.